The van der Waals surface area contributed by atoms with Crippen LogP contribution in [0.5, 0.6) is 0 Å². The van der Waals surface area contributed by atoms with Crippen LogP contribution in [0, 0.1) is 6.92 Å². The van der Waals surface area contributed by atoms with Gasteiger partial charge in [-0.15, -0.1) is 23.7 Å². The lowest BCUT2D eigenvalue weighted by molar-refractivity contribution is -0.131. The summed E-state index contributed by atoms with van der Waals surface area (Å²) in [6, 6.07) is 1.32. The van der Waals surface area contributed by atoms with Gasteiger partial charge in [-0.05, 0) is 26.3 Å². The summed E-state index contributed by atoms with van der Waals surface area (Å²) in [6.07, 6.45) is 0.814. The van der Waals surface area contributed by atoms with Crippen LogP contribution >= 0.6 is 23.7 Å². The van der Waals surface area contributed by atoms with Gasteiger partial charge in [0.25, 0.3) is 5.91 Å². The predicted molar refractivity (Wildman–Crippen MR) is 96.7 cm³/mol. The smallest absolute Gasteiger partial charge is 0.262 e. The van der Waals surface area contributed by atoms with Crippen LogP contribution in [0.2, 0.25) is 0 Å². The maximum Gasteiger partial charge on any atom is 0.262 e. The first-order chi connectivity index (χ1) is 10.9. The lowest BCUT2D eigenvalue weighted by atomic mass is 10.2. The van der Waals surface area contributed by atoms with E-state index in [-0.39, 0.29) is 30.3 Å². The molecule has 0 spiro atoms. The van der Waals surface area contributed by atoms with Gasteiger partial charge in [0, 0.05) is 31.6 Å². The van der Waals surface area contributed by atoms with Crippen LogP contribution in [0.3, 0.4) is 0 Å². The molecule has 2 amide bonds. The predicted octanol–water partition coefficient (Wildman–Crippen LogP) is 1.04. The summed E-state index contributed by atoms with van der Waals surface area (Å²) in [6.45, 7) is 4.85. The van der Waals surface area contributed by atoms with Crippen LogP contribution in [0.4, 0.5) is 0 Å². The summed E-state index contributed by atoms with van der Waals surface area (Å²) < 4.78 is 1.77. The minimum absolute atomic E-state index is 0. The molecule has 0 aliphatic carbocycles. The molecule has 2 atom stereocenters. The molecule has 0 radical (unpaired) electrons. The molecular weight excluding hydrogens is 350 g/mol. The Kier molecular flexibility index (Phi) is 5.52. The van der Waals surface area contributed by atoms with Gasteiger partial charge in [-0.1, -0.05) is 0 Å². The third-order valence-corrected chi connectivity index (χ3v) is 5.38. The molecule has 0 aromatic carbocycles. The van der Waals surface area contributed by atoms with E-state index in [0.717, 1.165) is 22.3 Å². The van der Waals surface area contributed by atoms with Crippen LogP contribution in [-0.4, -0.2) is 51.7 Å². The third-order valence-electron chi connectivity index (χ3n) is 4.17. The van der Waals surface area contributed by atoms with Crippen molar-refractivity contribution in [1.29, 1.82) is 0 Å². The van der Waals surface area contributed by atoms with Gasteiger partial charge in [0.1, 0.15) is 10.9 Å². The van der Waals surface area contributed by atoms with Crippen molar-refractivity contribution in [2.24, 2.45) is 12.8 Å². The van der Waals surface area contributed by atoms with Crippen molar-refractivity contribution >= 4 is 45.8 Å². The van der Waals surface area contributed by atoms with Gasteiger partial charge >= 0.3 is 0 Å². The Morgan fingerprint density at radius 1 is 1.50 bits per heavy atom. The second-order valence-corrected chi connectivity index (χ2v) is 7.10. The van der Waals surface area contributed by atoms with Crippen molar-refractivity contribution in [2.75, 3.05) is 13.1 Å². The number of likely N-dealkylation sites (tertiary alicyclic amines) is 1. The first kappa shape index (κ1) is 18.7. The quantitative estimate of drug-likeness (QED) is 0.843. The Balaban J connectivity index is 0.00000208. The monoisotopic (exact) mass is 371 g/mol. The van der Waals surface area contributed by atoms with Crippen molar-refractivity contribution in [3.8, 4) is 0 Å². The molecule has 0 bridgehead atoms. The zero-order valence-corrected chi connectivity index (χ0v) is 15.5. The molecule has 132 valence electrons. The summed E-state index contributed by atoms with van der Waals surface area (Å²) in [5, 5.41) is 8.09. The SMILES string of the molecule is Cc1nn(C)c2sc(C(=O)NC(C)C(=O)N3CC[C@@H](N)C3)cc12.Cl. The van der Waals surface area contributed by atoms with Gasteiger partial charge in [-0.25, -0.2) is 0 Å². The lowest BCUT2D eigenvalue weighted by Crippen LogP contribution is -2.46. The van der Waals surface area contributed by atoms with Gasteiger partial charge in [-0.3, -0.25) is 14.3 Å². The largest absolute Gasteiger partial charge is 0.340 e. The number of carbonyl (C=O) groups excluding carboxylic acids is 2. The van der Waals surface area contributed by atoms with Gasteiger partial charge < -0.3 is 16.0 Å². The minimum Gasteiger partial charge on any atom is -0.340 e. The molecule has 1 aliphatic heterocycles. The van der Waals surface area contributed by atoms with Crippen molar-refractivity contribution in [1.82, 2.24) is 20.0 Å². The summed E-state index contributed by atoms with van der Waals surface area (Å²) in [4.78, 5) is 28.0. The number of hydrogen-bond donors (Lipinski definition) is 2. The highest BCUT2D eigenvalue weighted by Gasteiger charge is 2.28. The van der Waals surface area contributed by atoms with E-state index in [2.05, 4.69) is 10.4 Å². The van der Waals surface area contributed by atoms with E-state index in [1.54, 1.807) is 16.5 Å². The van der Waals surface area contributed by atoms with Crippen LogP contribution in [0.1, 0.15) is 28.7 Å². The highest BCUT2D eigenvalue weighted by Crippen LogP contribution is 2.27. The highest BCUT2D eigenvalue weighted by atomic mass is 35.5. The number of fused-ring (bicyclic) bond motifs is 1. The summed E-state index contributed by atoms with van der Waals surface area (Å²) in [5.41, 5.74) is 6.72. The average Bonchev–Trinajstić information content (AvgIpc) is 3.17. The second kappa shape index (κ2) is 7.08. The number of halogens is 1. The molecule has 7 nitrogen and oxygen atoms in total. The number of aromatic nitrogens is 2. The molecule has 2 aromatic heterocycles. The Labute approximate surface area is 150 Å². The average molecular weight is 372 g/mol. The number of nitrogens with zero attached hydrogens (tertiary/aromatic N) is 3. The topological polar surface area (TPSA) is 93.2 Å². The van der Waals surface area contributed by atoms with Crippen LogP contribution in [-0.2, 0) is 11.8 Å². The molecule has 3 heterocycles. The number of nitrogens with one attached hydrogen (secondary N) is 1. The molecule has 1 unspecified atom stereocenters. The highest BCUT2D eigenvalue weighted by molar-refractivity contribution is 7.20. The van der Waals surface area contributed by atoms with E-state index in [1.807, 2.05) is 20.0 Å². The first-order valence-corrected chi connectivity index (χ1v) is 8.47. The van der Waals surface area contributed by atoms with Crippen LogP contribution < -0.4 is 11.1 Å². The summed E-state index contributed by atoms with van der Waals surface area (Å²) >= 11 is 1.38. The van der Waals surface area contributed by atoms with Gasteiger partial charge in [0.05, 0.1) is 10.6 Å². The molecule has 1 aliphatic rings. The van der Waals surface area contributed by atoms with E-state index >= 15 is 0 Å². The molecule has 3 rings (SSSR count). The Morgan fingerprint density at radius 3 is 2.79 bits per heavy atom. The zero-order valence-electron chi connectivity index (χ0n) is 13.9. The van der Waals surface area contributed by atoms with E-state index in [4.69, 9.17) is 5.73 Å². The van der Waals surface area contributed by atoms with Gasteiger partial charge in [-0.2, -0.15) is 5.10 Å². The normalized spacial score (nSPS) is 18.5. The van der Waals surface area contributed by atoms with E-state index in [1.165, 1.54) is 11.3 Å². The van der Waals surface area contributed by atoms with Gasteiger partial charge in [0.15, 0.2) is 0 Å². The second-order valence-electron chi connectivity index (χ2n) is 6.07. The molecule has 9 heteroatoms. The Hall–Kier alpha value is -1.64. The number of aryl methyl sites for hydroxylation is 2. The third kappa shape index (κ3) is 3.40. The fraction of sp³-hybridized carbons (Fsp3) is 0.533. The molecular formula is C15H22ClN5O2S. The molecule has 24 heavy (non-hydrogen) atoms. The lowest BCUT2D eigenvalue weighted by Gasteiger charge is -2.21. The number of amides is 2. The van der Waals surface area contributed by atoms with E-state index in [9.17, 15) is 9.59 Å². The standard InChI is InChI=1S/C15H21N5O2S.ClH/c1-8-11-6-12(23-15(11)19(3)18-8)13(21)17-9(2)14(22)20-5-4-10(16)7-20;/h6,9-10H,4-5,7,16H2,1-3H3,(H,17,21);1H/t9?,10-;/m1./s1. The Morgan fingerprint density at radius 2 is 2.21 bits per heavy atom. The van der Waals surface area contributed by atoms with Crippen molar-refractivity contribution in [2.45, 2.75) is 32.4 Å². The van der Waals surface area contributed by atoms with Crippen LogP contribution in [0.15, 0.2) is 6.07 Å². The van der Waals surface area contributed by atoms with Gasteiger partial charge in [0.2, 0.25) is 5.91 Å². The van der Waals surface area contributed by atoms with E-state index < -0.39 is 6.04 Å². The minimum atomic E-state index is -0.558. The molecule has 1 fully saturated rings. The first-order valence-electron chi connectivity index (χ1n) is 7.65. The molecule has 3 N–H and O–H groups in total. The maximum atomic E-state index is 12.4. The number of carbonyl (C=O) groups is 2. The van der Waals surface area contributed by atoms with E-state index in [0.29, 0.717) is 18.0 Å². The number of rotatable bonds is 3. The number of hydrogen-bond acceptors (Lipinski definition) is 5. The number of nitrogens with two attached hydrogens (primary N) is 1. The van der Waals surface area contributed by atoms with Crippen molar-refractivity contribution < 1.29 is 9.59 Å². The number of thiophene rings is 1. The zero-order chi connectivity index (χ0) is 16.7. The molecule has 0 saturated carbocycles. The maximum absolute atomic E-state index is 12.4. The summed E-state index contributed by atoms with van der Waals surface area (Å²) in [7, 11) is 1.86. The molecule has 2 aromatic rings. The van der Waals surface area contributed by atoms with Crippen molar-refractivity contribution in [3.05, 3.63) is 16.6 Å². The molecule has 1 saturated heterocycles. The summed E-state index contributed by atoms with van der Waals surface area (Å²) in [5.74, 6) is -0.305. The van der Waals surface area contributed by atoms with Crippen molar-refractivity contribution in [3.63, 3.8) is 0 Å². The van der Waals surface area contributed by atoms with Crippen LogP contribution in [0.25, 0.3) is 10.2 Å². The fourth-order valence-electron chi connectivity index (χ4n) is 2.91. The Bertz CT molecular complexity index is 737. The fourth-order valence-corrected chi connectivity index (χ4v) is 3.93.